The molecule has 2 aromatic rings. The minimum Gasteiger partial charge on any atom is -0.493 e. The highest BCUT2D eigenvalue weighted by Crippen LogP contribution is 2.37. The molecule has 1 fully saturated rings. The maximum Gasteiger partial charge on any atom is 0.246 e. The smallest absolute Gasteiger partial charge is 0.246 e. The van der Waals surface area contributed by atoms with Gasteiger partial charge in [-0.05, 0) is 62.6 Å². The number of methoxy groups -OCH3 is 1. The minimum absolute atomic E-state index is 0.0143. The van der Waals surface area contributed by atoms with Gasteiger partial charge in [-0.25, -0.2) is 0 Å². The van der Waals surface area contributed by atoms with Crippen LogP contribution in [0, 0.1) is 0 Å². The first-order chi connectivity index (χ1) is 15.9. The normalized spacial score (nSPS) is 15.2. The summed E-state index contributed by atoms with van der Waals surface area (Å²) in [6, 6.07) is 9.89. The summed E-state index contributed by atoms with van der Waals surface area (Å²) >= 11 is 6.39. The summed E-state index contributed by atoms with van der Waals surface area (Å²) in [5, 5.41) is 0.460. The lowest BCUT2D eigenvalue weighted by molar-refractivity contribution is -0.127. The fourth-order valence-electron chi connectivity index (χ4n) is 4.00. The van der Waals surface area contributed by atoms with Gasteiger partial charge in [-0.15, -0.1) is 0 Å². The Morgan fingerprint density at radius 2 is 2.06 bits per heavy atom. The molecule has 1 saturated heterocycles. The van der Waals surface area contributed by atoms with Crippen LogP contribution in [-0.4, -0.2) is 66.6 Å². The number of likely N-dealkylation sites (tertiary alicyclic amines) is 1. The van der Waals surface area contributed by atoms with Crippen molar-refractivity contribution in [3.8, 4) is 11.5 Å². The van der Waals surface area contributed by atoms with E-state index in [9.17, 15) is 4.79 Å². The van der Waals surface area contributed by atoms with Gasteiger partial charge in [0.05, 0.1) is 18.2 Å². The highest BCUT2D eigenvalue weighted by atomic mass is 35.5. The zero-order chi connectivity index (χ0) is 23.8. The summed E-state index contributed by atoms with van der Waals surface area (Å²) in [5.41, 5.74) is 1.91. The molecule has 0 spiro atoms. The number of rotatable bonds is 9. The van der Waals surface area contributed by atoms with E-state index in [1.807, 2.05) is 50.2 Å². The van der Waals surface area contributed by atoms with Crippen molar-refractivity contribution in [2.75, 3.05) is 33.8 Å². The van der Waals surface area contributed by atoms with E-state index >= 15 is 0 Å². The largest absolute Gasteiger partial charge is 0.493 e. The van der Waals surface area contributed by atoms with Crippen LogP contribution in [0.15, 0.2) is 42.6 Å². The number of carbonyl (C=O) groups is 1. The molecule has 0 saturated carbocycles. The lowest BCUT2D eigenvalue weighted by atomic mass is 10.0. The predicted octanol–water partition coefficient (Wildman–Crippen LogP) is 4.71. The van der Waals surface area contributed by atoms with Gasteiger partial charge < -0.3 is 19.3 Å². The molecular formula is C26H34ClN3O3. The summed E-state index contributed by atoms with van der Waals surface area (Å²) in [5.74, 6) is 1.05. The van der Waals surface area contributed by atoms with Crippen LogP contribution in [0.3, 0.4) is 0 Å². The van der Waals surface area contributed by atoms with Crippen LogP contribution in [-0.2, 0) is 11.2 Å². The number of hydrogen-bond donors (Lipinski definition) is 0. The first kappa shape index (κ1) is 25.1. The number of halogens is 1. The third-order valence-electron chi connectivity index (χ3n) is 5.89. The summed E-state index contributed by atoms with van der Waals surface area (Å²) in [4.78, 5) is 21.5. The first-order valence-electron chi connectivity index (χ1n) is 11.5. The van der Waals surface area contributed by atoms with Crippen molar-refractivity contribution < 1.29 is 14.3 Å². The van der Waals surface area contributed by atoms with Crippen LogP contribution >= 0.6 is 11.6 Å². The zero-order valence-corrected chi connectivity index (χ0v) is 20.7. The van der Waals surface area contributed by atoms with E-state index in [-0.39, 0.29) is 18.1 Å². The molecule has 0 unspecified atom stereocenters. The Morgan fingerprint density at radius 1 is 1.30 bits per heavy atom. The number of hydrogen-bond acceptors (Lipinski definition) is 5. The van der Waals surface area contributed by atoms with Gasteiger partial charge in [0, 0.05) is 57.1 Å². The number of amides is 1. The first-order valence-corrected chi connectivity index (χ1v) is 11.9. The van der Waals surface area contributed by atoms with Gasteiger partial charge in [0.25, 0.3) is 0 Å². The van der Waals surface area contributed by atoms with Gasteiger partial charge in [0.1, 0.15) is 0 Å². The average Bonchev–Trinajstić information content (AvgIpc) is 2.82. The fourth-order valence-corrected chi connectivity index (χ4v) is 4.26. The number of nitrogens with zero attached hydrogens (tertiary/aromatic N) is 3. The van der Waals surface area contributed by atoms with Gasteiger partial charge in [-0.3, -0.25) is 9.78 Å². The quantitative estimate of drug-likeness (QED) is 0.496. The molecule has 0 N–H and O–H groups in total. The lowest BCUT2D eigenvalue weighted by Crippen LogP contribution is -2.45. The predicted molar refractivity (Wildman–Crippen MR) is 133 cm³/mol. The second-order valence-electron chi connectivity index (χ2n) is 8.63. The second kappa shape index (κ2) is 12.1. The number of piperidine rings is 1. The minimum atomic E-state index is -0.0190. The molecule has 0 atom stereocenters. The van der Waals surface area contributed by atoms with E-state index in [1.165, 1.54) is 0 Å². The van der Waals surface area contributed by atoms with Gasteiger partial charge in [0.15, 0.2) is 11.5 Å². The van der Waals surface area contributed by atoms with Gasteiger partial charge in [0.2, 0.25) is 5.91 Å². The molecule has 1 aromatic carbocycles. The third kappa shape index (κ3) is 7.21. The van der Waals surface area contributed by atoms with Gasteiger partial charge in [-0.2, -0.15) is 0 Å². The molecule has 0 aliphatic carbocycles. The van der Waals surface area contributed by atoms with Crippen molar-refractivity contribution in [3.05, 3.63) is 58.9 Å². The van der Waals surface area contributed by atoms with E-state index in [0.717, 1.165) is 50.2 Å². The molecule has 178 valence electrons. The van der Waals surface area contributed by atoms with Gasteiger partial charge in [-0.1, -0.05) is 17.7 Å². The Kier molecular flexibility index (Phi) is 9.15. The number of pyridine rings is 1. The summed E-state index contributed by atoms with van der Waals surface area (Å²) in [6.07, 6.45) is 8.09. The highest BCUT2D eigenvalue weighted by molar-refractivity contribution is 6.32. The van der Waals surface area contributed by atoms with Crippen LogP contribution in [0.2, 0.25) is 5.02 Å². The Labute approximate surface area is 202 Å². The Hall–Kier alpha value is -2.57. The monoisotopic (exact) mass is 471 g/mol. The van der Waals surface area contributed by atoms with Crippen LogP contribution in [0.5, 0.6) is 11.5 Å². The topological polar surface area (TPSA) is 54.9 Å². The Balaban J connectivity index is 1.52. The summed E-state index contributed by atoms with van der Waals surface area (Å²) in [6.45, 7) is 6.85. The molecule has 0 bridgehead atoms. The number of aromatic nitrogens is 1. The van der Waals surface area contributed by atoms with Crippen molar-refractivity contribution in [2.24, 2.45) is 0 Å². The van der Waals surface area contributed by atoms with Crippen LogP contribution in [0.25, 0.3) is 6.08 Å². The highest BCUT2D eigenvalue weighted by Gasteiger charge is 2.24. The molecule has 1 aliphatic rings. The SMILES string of the molecule is COc1cc(/C=C/C(=O)N(C)C2CCN(CCc3ccccn3)CC2)cc(Cl)c1OC(C)C. The molecule has 1 amide bonds. The molecular weight excluding hydrogens is 438 g/mol. The van der Waals surface area contributed by atoms with Crippen molar-refractivity contribution in [3.63, 3.8) is 0 Å². The molecule has 3 rings (SSSR count). The molecule has 2 heterocycles. The second-order valence-corrected chi connectivity index (χ2v) is 9.03. The van der Waals surface area contributed by atoms with E-state index < -0.39 is 0 Å². The summed E-state index contributed by atoms with van der Waals surface area (Å²) < 4.78 is 11.2. The van der Waals surface area contributed by atoms with Crippen molar-refractivity contribution in [2.45, 2.75) is 45.3 Å². The molecule has 6 nitrogen and oxygen atoms in total. The Morgan fingerprint density at radius 3 is 2.70 bits per heavy atom. The van der Waals surface area contributed by atoms with E-state index in [0.29, 0.717) is 16.5 Å². The van der Waals surface area contributed by atoms with Crippen molar-refractivity contribution in [1.29, 1.82) is 0 Å². The molecule has 0 radical (unpaired) electrons. The van der Waals surface area contributed by atoms with E-state index in [4.69, 9.17) is 21.1 Å². The number of likely N-dealkylation sites (N-methyl/N-ethyl adjacent to an activating group) is 1. The molecule has 1 aliphatic heterocycles. The van der Waals surface area contributed by atoms with E-state index in [1.54, 1.807) is 25.3 Å². The molecule has 1 aromatic heterocycles. The molecule has 7 heteroatoms. The maximum atomic E-state index is 12.8. The standard InChI is InChI=1S/C26H34ClN3O3/c1-19(2)33-26-23(27)17-20(18-24(26)32-4)8-9-25(31)29(3)22-11-15-30(16-12-22)14-10-21-7-5-6-13-28-21/h5-9,13,17-19,22H,10-12,14-16H2,1-4H3/b9-8+. The van der Waals surface area contributed by atoms with Crippen LogP contribution in [0.1, 0.15) is 37.9 Å². The lowest BCUT2D eigenvalue weighted by Gasteiger charge is -2.36. The zero-order valence-electron chi connectivity index (χ0n) is 20.0. The average molecular weight is 472 g/mol. The summed E-state index contributed by atoms with van der Waals surface area (Å²) in [7, 11) is 3.46. The van der Waals surface area contributed by atoms with Crippen molar-refractivity contribution in [1.82, 2.24) is 14.8 Å². The van der Waals surface area contributed by atoms with Crippen molar-refractivity contribution >= 4 is 23.6 Å². The van der Waals surface area contributed by atoms with Crippen LogP contribution < -0.4 is 9.47 Å². The van der Waals surface area contributed by atoms with Gasteiger partial charge >= 0.3 is 0 Å². The number of carbonyl (C=O) groups excluding carboxylic acids is 1. The molecule has 33 heavy (non-hydrogen) atoms. The number of benzene rings is 1. The fraction of sp³-hybridized carbons (Fsp3) is 0.462. The van der Waals surface area contributed by atoms with Crippen LogP contribution in [0.4, 0.5) is 0 Å². The van der Waals surface area contributed by atoms with E-state index in [2.05, 4.69) is 16.0 Å². The number of ether oxygens (including phenoxy) is 2. The third-order valence-corrected chi connectivity index (χ3v) is 6.17. The Bertz CT molecular complexity index is 941. The maximum absolute atomic E-state index is 12.8.